The zero-order valence-corrected chi connectivity index (χ0v) is 10.7. The lowest BCUT2D eigenvalue weighted by Gasteiger charge is -2.09. The van der Waals surface area contributed by atoms with Gasteiger partial charge in [0, 0.05) is 12.6 Å². The van der Waals surface area contributed by atoms with E-state index in [0.29, 0.717) is 0 Å². The van der Waals surface area contributed by atoms with Crippen LogP contribution in [0.3, 0.4) is 0 Å². The molecule has 0 aromatic heterocycles. The van der Waals surface area contributed by atoms with E-state index in [1.54, 1.807) is 0 Å². The third-order valence-electron chi connectivity index (χ3n) is 2.43. The Morgan fingerprint density at radius 2 is 2.20 bits per heavy atom. The molecular formula is C12H14N2O6. The monoisotopic (exact) mass is 282 g/mol. The number of nitrogens with zero attached hydrogens (tertiary/aromatic N) is 1. The van der Waals surface area contributed by atoms with Crippen LogP contribution < -0.4 is 10.1 Å². The summed E-state index contributed by atoms with van der Waals surface area (Å²) in [6.07, 6.45) is 0. The molecule has 0 fully saturated rings. The number of carboxylic acids is 1. The van der Waals surface area contributed by atoms with E-state index < -0.39 is 22.7 Å². The Morgan fingerprint density at radius 1 is 1.50 bits per heavy atom. The summed E-state index contributed by atoms with van der Waals surface area (Å²) in [6.45, 7) is 1.12. The molecule has 1 unspecified atom stereocenters. The molecule has 0 bridgehead atoms. The first-order chi connectivity index (χ1) is 9.40. The summed E-state index contributed by atoms with van der Waals surface area (Å²) in [5, 5.41) is 21.6. The van der Waals surface area contributed by atoms with Crippen molar-refractivity contribution in [3.05, 3.63) is 34.4 Å². The standard InChI is InChI=1S/C12H14N2O6/c1-8(12(16)17)6-13-11(15)7-20-10-4-2-3-9(5-10)14(18)19/h2-5,8H,6-7H2,1H3,(H,13,15)(H,16,17). The van der Waals surface area contributed by atoms with E-state index in [4.69, 9.17) is 9.84 Å². The van der Waals surface area contributed by atoms with Gasteiger partial charge in [0.05, 0.1) is 16.9 Å². The van der Waals surface area contributed by atoms with Gasteiger partial charge in [-0.05, 0) is 6.07 Å². The number of hydrogen-bond donors (Lipinski definition) is 2. The van der Waals surface area contributed by atoms with Gasteiger partial charge in [-0.15, -0.1) is 0 Å². The van der Waals surface area contributed by atoms with Gasteiger partial charge in [0.15, 0.2) is 6.61 Å². The molecule has 1 aromatic carbocycles. The van der Waals surface area contributed by atoms with Crippen molar-refractivity contribution < 1.29 is 24.4 Å². The Balaban J connectivity index is 2.43. The Labute approximate surface area is 114 Å². The molecule has 20 heavy (non-hydrogen) atoms. The molecule has 2 N–H and O–H groups in total. The van der Waals surface area contributed by atoms with E-state index >= 15 is 0 Å². The number of amides is 1. The van der Waals surface area contributed by atoms with Gasteiger partial charge in [0.25, 0.3) is 11.6 Å². The van der Waals surface area contributed by atoms with Crippen LogP contribution in [0.25, 0.3) is 0 Å². The number of non-ortho nitro benzene ring substituents is 1. The van der Waals surface area contributed by atoms with E-state index in [2.05, 4.69) is 5.32 Å². The SMILES string of the molecule is CC(CNC(=O)COc1cccc([N+](=O)[O-])c1)C(=O)O. The second-order valence-corrected chi connectivity index (χ2v) is 4.09. The first-order valence-electron chi connectivity index (χ1n) is 5.77. The van der Waals surface area contributed by atoms with Crippen molar-refractivity contribution in [2.45, 2.75) is 6.92 Å². The number of carbonyl (C=O) groups excluding carboxylic acids is 1. The fourth-order valence-electron chi connectivity index (χ4n) is 1.24. The summed E-state index contributed by atoms with van der Waals surface area (Å²) in [5.74, 6) is -2.01. The molecule has 0 aliphatic rings. The number of nitro groups is 1. The number of carboxylic acid groups (broad SMARTS) is 1. The van der Waals surface area contributed by atoms with Crippen LogP contribution in [0.1, 0.15) is 6.92 Å². The number of nitrogens with one attached hydrogen (secondary N) is 1. The minimum Gasteiger partial charge on any atom is -0.484 e. The summed E-state index contributed by atoms with van der Waals surface area (Å²) >= 11 is 0. The van der Waals surface area contributed by atoms with Crippen molar-refractivity contribution in [2.24, 2.45) is 5.92 Å². The molecule has 1 aromatic rings. The van der Waals surface area contributed by atoms with Gasteiger partial charge in [-0.1, -0.05) is 13.0 Å². The van der Waals surface area contributed by atoms with Crippen LogP contribution in [0.2, 0.25) is 0 Å². The van der Waals surface area contributed by atoms with Crippen molar-refractivity contribution in [2.75, 3.05) is 13.2 Å². The second kappa shape index (κ2) is 7.07. The molecule has 1 amide bonds. The summed E-state index contributed by atoms with van der Waals surface area (Å²) in [5.41, 5.74) is -0.137. The van der Waals surface area contributed by atoms with Crippen LogP contribution >= 0.6 is 0 Å². The van der Waals surface area contributed by atoms with Crippen LogP contribution in [0.15, 0.2) is 24.3 Å². The lowest BCUT2D eigenvalue weighted by molar-refractivity contribution is -0.384. The summed E-state index contributed by atoms with van der Waals surface area (Å²) < 4.78 is 5.09. The van der Waals surface area contributed by atoms with Crippen molar-refractivity contribution >= 4 is 17.6 Å². The molecule has 8 heteroatoms. The minimum absolute atomic E-state index is 0.00748. The highest BCUT2D eigenvalue weighted by atomic mass is 16.6. The van der Waals surface area contributed by atoms with Gasteiger partial charge in [-0.3, -0.25) is 19.7 Å². The lowest BCUT2D eigenvalue weighted by atomic mass is 10.2. The Kier molecular flexibility index (Phi) is 5.45. The summed E-state index contributed by atoms with van der Waals surface area (Å²) in [6, 6.07) is 5.44. The molecular weight excluding hydrogens is 268 g/mol. The topological polar surface area (TPSA) is 119 Å². The molecule has 1 rings (SSSR count). The molecule has 1 atom stereocenters. The van der Waals surface area contributed by atoms with E-state index in [1.165, 1.54) is 31.2 Å². The number of aliphatic carboxylic acids is 1. The van der Waals surface area contributed by atoms with E-state index in [-0.39, 0.29) is 24.6 Å². The maximum absolute atomic E-state index is 11.4. The number of rotatable bonds is 7. The largest absolute Gasteiger partial charge is 0.484 e. The molecule has 0 saturated heterocycles. The Bertz CT molecular complexity index is 516. The number of carbonyl (C=O) groups is 2. The predicted octanol–water partition coefficient (Wildman–Crippen LogP) is 0.810. The number of hydrogen-bond acceptors (Lipinski definition) is 5. The number of nitro benzene ring substituents is 1. The third kappa shape index (κ3) is 4.92. The highest BCUT2D eigenvalue weighted by Crippen LogP contribution is 2.18. The molecule has 0 aliphatic carbocycles. The molecule has 108 valence electrons. The Hall–Kier alpha value is -2.64. The highest BCUT2D eigenvalue weighted by Gasteiger charge is 2.13. The maximum atomic E-state index is 11.4. The van der Waals surface area contributed by atoms with Gasteiger partial charge in [-0.2, -0.15) is 0 Å². The third-order valence-corrected chi connectivity index (χ3v) is 2.43. The van der Waals surface area contributed by atoms with Gasteiger partial charge in [0.2, 0.25) is 0 Å². The molecule has 0 aliphatic heterocycles. The van der Waals surface area contributed by atoms with Gasteiger partial charge in [0.1, 0.15) is 5.75 Å². The van der Waals surface area contributed by atoms with E-state index in [9.17, 15) is 19.7 Å². The van der Waals surface area contributed by atoms with Crippen LogP contribution in [-0.4, -0.2) is 35.1 Å². The second-order valence-electron chi connectivity index (χ2n) is 4.09. The van der Waals surface area contributed by atoms with Gasteiger partial charge < -0.3 is 15.2 Å². The number of ether oxygens (including phenoxy) is 1. The number of benzene rings is 1. The average Bonchev–Trinajstić information content (AvgIpc) is 2.42. The molecule has 0 spiro atoms. The fraction of sp³-hybridized carbons (Fsp3) is 0.333. The fourth-order valence-corrected chi connectivity index (χ4v) is 1.24. The average molecular weight is 282 g/mol. The zero-order valence-electron chi connectivity index (χ0n) is 10.7. The molecule has 0 radical (unpaired) electrons. The summed E-state index contributed by atoms with van der Waals surface area (Å²) in [4.78, 5) is 31.9. The van der Waals surface area contributed by atoms with Crippen LogP contribution in [0, 0.1) is 16.0 Å². The van der Waals surface area contributed by atoms with Crippen molar-refractivity contribution in [1.29, 1.82) is 0 Å². The van der Waals surface area contributed by atoms with Gasteiger partial charge >= 0.3 is 5.97 Å². The maximum Gasteiger partial charge on any atom is 0.308 e. The summed E-state index contributed by atoms with van der Waals surface area (Å²) in [7, 11) is 0. The quantitative estimate of drug-likeness (QED) is 0.564. The van der Waals surface area contributed by atoms with Crippen molar-refractivity contribution in [1.82, 2.24) is 5.32 Å². The van der Waals surface area contributed by atoms with Crippen LogP contribution in [0.4, 0.5) is 5.69 Å². The lowest BCUT2D eigenvalue weighted by Crippen LogP contribution is -2.34. The minimum atomic E-state index is -1.01. The van der Waals surface area contributed by atoms with E-state index in [0.717, 1.165) is 0 Å². The van der Waals surface area contributed by atoms with Crippen molar-refractivity contribution in [3.8, 4) is 5.75 Å². The van der Waals surface area contributed by atoms with Crippen molar-refractivity contribution in [3.63, 3.8) is 0 Å². The highest BCUT2D eigenvalue weighted by molar-refractivity contribution is 5.78. The Morgan fingerprint density at radius 3 is 2.80 bits per heavy atom. The first kappa shape index (κ1) is 15.4. The van der Waals surface area contributed by atoms with Crippen LogP contribution in [0.5, 0.6) is 5.75 Å². The smallest absolute Gasteiger partial charge is 0.308 e. The van der Waals surface area contributed by atoms with Crippen LogP contribution in [-0.2, 0) is 9.59 Å². The molecule has 0 heterocycles. The van der Waals surface area contributed by atoms with Gasteiger partial charge in [-0.25, -0.2) is 0 Å². The molecule has 8 nitrogen and oxygen atoms in total. The first-order valence-corrected chi connectivity index (χ1v) is 5.77. The normalized spacial score (nSPS) is 11.4. The zero-order chi connectivity index (χ0) is 15.1. The predicted molar refractivity (Wildman–Crippen MR) is 68.4 cm³/mol. The van der Waals surface area contributed by atoms with E-state index in [1.807, 2.05) is 0 Å². The molecule has 0 saturated carbocycles.